The summed E-state index contributed by atoms with van der Waals surface area (Å²) in [7, 11) is -2.40. The number of sulfonamides is 1. The highest BCUT2D eigenvalue weighted by atomic mass is 32.2. The van der Waals surface area contributed by atoms with Crippen molar-refractivity contribution in [1.82, 2.24) is 9.21 Å². The van der Waals surface area contributed by atoms with Crippen molar-refractivity contribution in [2.45, 2.75) is 31.2 Å². The van der Waals surface area contributed by atoms with E-state index >= 15 is 0 Å². The molecular weight excluding hydrogens is 440 g/mol. The Morgan fingerprint density at radius 1 is 1.03 bits per heavy atom. The Morgan fingerprint density at radius 2 is 1.70 bits per heavy atom. The average molecular weight is 471 g/mol. The molecular formula is C24H30N4O4S. The highest BCUT2D eigenvalue weighted by molar-refractivity contribution is 7.89. The number of likely N-dealkylation sites (N-methyl/N-ethyl adjacent to an activating group) is 1. The second-order valence-electron chi connectivity index (χ2n) is 8.70. The van der Waals surface area contributed by atoms with Crippen molar-refractivity contribution in [3.63, 3.8) is 0 Å². The second-order valence-corrected chi connectivity index (χ2v) is 10.7. The maximum absolute atomic E-state index is 13.2. The van der Waals surface area contributed by atoms with Crippen LogP contribution in [0.1, 0.15) is 19.4 Å². The first-order valence-corrected chi connectivity index (χ1v) is 12.6. The highest BCUT2D eigenvalue weighted by Gasteiger charge is 2.32. The Bertz CT molecular complexity index is 1140. The minimum atomic E-state index is -3.83. The van der Waals surface area contributed by atoms with Gasteiger partial charge in [0.1, 0.15) is 0 Å². The molecule has 0 aromatic heterocycles. The molecule has 2 aromatic carbocycles. The van der Waals surface area contributed by atoms with E-state index in [0.717, 1.165) is 21.2 Å². The van der Waals surface area contributed by atoms with E-state index in [1.165, 1.54) is 20.0 Å². The molecule has 2 aromatic rings. The molecule has 0 aliphatic carbocycles. The third kappa shape index (κ3) is 4.60. The van der Waals surface area contributed by atoms with Crippen molar-refractivity contribution in [3.8, 4) is 0 Å². The van der Waals surface area contributed by atoms with Gasteiger partial charge in [-0.2, -0.15) is 4.31 Å². The van der Waals surface area contributed by atoms with Gasteiger partial charge in [0, 0.05) is 57.6 Å². The largest absolute Gasteiger partial charge is 0.368 e. The van der Waals surface area contributed by atoms with Crippen LogP contribution in [0.25, 0.3) is 0 Å². The summed E-state index contributed by atoms with van der Waals surface area (Å²) in [5.41, 5.74) is 2.71. The minimum absolute atomic E-state index is 0.00989. The molecule has 0 N–H and O–H groups in total. The van der Waals surface area contributed by atoms with E-state index in [-0.39, 0.29) is 29.3 Å². The van der Waals surface area contributed by atoms with Crippen LogP contribution in [0.5, 0.6) is 0 Å². The van der Waals surface area contributed by atoms with Crippen LogP contribution in [0.15, 0.2) is 53.4 Å². The van der Waals surface area contributed by atoms with Gasteiger partial charge in [-0.25, -0.2) is 8.42 Å². The number of fused-ring (bicyclic) bond motifs is 1. The van der Waals surface area contributed by atoms with E-state index in [9.17, 15) is 18.0 Å². The first-order chi connectivity index (χ1) is 15.7. The Morgan fingerprint density at radius 3 is 2.33 bits per heavy atom. The molecule has 2 heterocycles. The van der Waals surface area contributed by atoms with Crippen molar-refractivity contribution >= 4 is 33.2 Å². The molecule has 2 aliphatic rings. The lowest BCUT2D eigenvalue weighted by Crippen LogP contribution is -2.51. The smallest absolute Gasteiger partial charge is 0.243 e. The number of carbonyl (C=O) groups excluding carboxylic acids is 2. The number of benzene rings is 2. The van der Waals surface area contributed by atoms with Gasteiger partial charge in [-0.15, -0.1) is 0 Å². The van der Waals surface area contributed by atoms with Crippen LogP contribution in [0, 0.1) is 0 Å². The molecule has 2 amide bonds. The van der Waals surface area contributed by atoms with Gasteiger partial charge in [0.25, 0.3) is 0 Å². The number of piperazine rings is 1. The summed E-state index contributed by atoms with van der Waals surface area (Å²) >= 11 is 0. The van der Waals surface area contributed by atoms with Gasteiger partial charge >= 0.3 is 0 Å². The summed E-state index contributed by atoms with van der Waals surface area (Å²) in [5.74, 6) is -0.266. The zero-order chi connectivity index (χ0) is 23.8. The fourth-order valence-corrected chi connectivity index (χ4v) is 5.83. The minimum Gasteiger partial charge on any atom is -0.368 e. The predicted molar refractivity (Wildman–Crippen MR) is 128 cm³/mol. The summed E-state index contributed by atoms with van der Waals surface area (Å²) in [6, 6.07) is 14.9. The quantitative estimate of drug-likeness (QED) is 0.667. The zero-order valence-corrected chi connectivity index (χ0v) is 20.1. The number of anilines is 2. The lowest BCUT2D eigenvalue weighted by Gasteiger charge is -2.36. The summed E-state index contributed by atoms with van der Waals surface area (Å²) < 4.78 is 27.4. The second kappa shape index (κ2) is 9.15. The molecule has 0 saturated carbocycles. The van der Waals surface area contributed by atoms with Gasteiger partial charge < -0.3 is 14.7 Å². The molecule has 1 fully saturated rings. The molecule has 2 aliphatic heterocycles. The molecule has 4 rings (SSSR count). The Balaban J connectivity index is 1.40. The summed E-state index contributed by atoms with van der Waals surface area (Å²) in [4.78, 5) is 30.5. The number of hydrogen-bond donors (Lipinski definition) is 0. The van der Waals surface area contributed by atoms with Crippen molar-refractivity contribution in [1.29, 1.82) is 0 Å². The standard InChI is InChI=1S/C24H30N4O4S/c1-18-15-20-16-22(9-10-23(20)28(18)19(2)29)33(31,32)25(3)17-24(30)27-13-11-26(12-14-27)21-7-5-4-6-8-21/h4-10,16,18H,11-15,17H2,1-3H3. The van der Waals surface area contributed by atoms with Crippen LogP contribution in [0.3, 0.4) is 0 Å². The molecule has 0 radical (unpaired) electrons. The predicted octanol–water partition coefficient (Wildman–Crippen LogP) is 1.95. The molecule has 9 heteroatoms. The Kier molecular flexibility index (Phi) is 6.45. The van der Waals surface area contributed by atoms with E-state index in [2.05, 4.69) is 4.90 Å². The van der Waals surface area contributed by atoms with E-state index in [1.807, 2.05) is 37.3 Å². The molecule has 1 atom stereocenters. The third-order valence-electron chi connectivity index (χ3n) is 6.43. The number of carbonyl (C=O) groups is 2. The summed E-state index contributed by atoms with van der Waals surface area (Å²) in [6.45, 7) is 5.77. The van der Waals surface area contributed by atoms with Crippen molar-refractivity contribution in [2.75, 3.05) is 49.6 Å². The van der Waals surface area contributed by atoms with Gasteiger partial charge in [0.2, 0.25) is 21.8 Å². The van der Waals surface area contributed by atoms with Crippen molar-refractivity contribution in [3.05, 3.63) is 54.1 Å². The topological polar surface area (TPSA) is 81.2 Å². The third-order valence-corrected chi connectivity index (χ3v) is 8.23. The van der Waals surface area contributed by atoms with E-state index in [4.69, 9.17) is 0 Å². The first-order valence-electron chi connectivity index (χ1n) is 11.2. The van der Waals surface area contributed by atoms with Gasteiger partial charge in [-0.3, -0.25) is 9.59 Å². The van der Waals surface area contributed by atoms with Crippen LogP contribution in [-0.2, 0) is 26.0 Å². The Labute approximate surface area is 195 Å². The normalized spacial score (nSPS) is 18.5. The first kappa shape index (κ1) is 23.3. The van der Waals surface area contributed by atoms with E-state index < -0.39 is 10.0 Å². The lowest BCUT2D eigenvalue weighted by atomic mass is 10.1. The van der Waals surface area contributed by atoms with Crippen LogP contribution in [0.4, 0.5) is 11.4 Å². The molecule has 176 valence electrons. The molecule has 1 saturated heterocycles. The number of nitrogens with zero attached hydrogens (tertiary/aromatic N) is 4. The van der Waals surface area contributed by atoms with Gasteiger partial charge in [0.15, 0.2) is 0 Å². The van der Waals surface area contributed by atoms with Crippen LogP contribution < -0.4 is 9.80 Å². The Hall–Kier alpha value is -2.91. The fraction of sp³-hybridized carbons (Fsp3) is 0.417. The average Bonchev–Trinajstić information content (AvgIpc) is 3.14. The van der Waals surface area contributed by atoms with E-state index in [0.29, 0.717) is 32.6 Å². The summed E-state index contributed by atoms with van der Waals surface area (Å²) in [5, 5.41) is 0. The van der Waals surface area contributed by atoms with Crippen LogP contribution >= 0.6 is 0 Å². The van der Waals surface area contributed by atoms with Crippen molar-refractivity contribution in [2.24, 2.45) is 0 Å². The van der Waals surface area contributed by atoms with Crippen LogP contribution in [0.2, 0.25) is 0 Å². The number of amides is 2. The number of para-hydroxylation sites is 1. The molecule has 33 heavy (non-hydrogen) atoms. The summed E-state index contributed by atoms with van der Waals surface area (Å²) in [6.07, 6.45) is 0.604. The maximum atomic E-state index is 13.2. The van der Waals surface area contributed by atoms with Gasteiger partial charge in [0.05, 0.1) is 11.4 Å². The van der Waals surface area contributed by atoms with Gasteiger partial charge in [-0.1, -0.05) is 18.2 Å². The lowest BCUT2D eigenvalue weighted by molar-refractivity contribution is -0.131. The fourth-order valence-electron chi connectivity index (χ4n) is 4.66. The molecule has 1 unspecified atom stereocenters. The monoisotopic (exact) mass is 470 g/mol. The van der Waals surface area contributed by atoms with Crippen molar-refractivity contribution < 1.29 is 18.0 Å². The zero-order valence-electron chi connectivity index (χ0n) is 19.3. The molecule has 8 nitrogen and oxygen atoms in total. The highest BCUT2D eigenvalue weighted by Crippen LogP contribution is 2.34. The maximum Gasteiger partial charge on any atom is 0.243 e. The van der Waals surface area contributed by atoms with Gasteiger partial charge in [-0.05, 0) is 49.2 Å². The number of hydrogen-bond acceptors (Lipinski definition) is 5. The number of rotatable bonds is 5. The molecule has 0 bridgehead atoms. The van der Waals surface area contributed by atoms with Crippen LogP contribution in [-0.4, -0.2) is 75.3 Å². The SMILES string of the molecule is CC(=O)N1c2ccc(S(=O)(=O)N(C)CC(=O)N3CCN(c4ccccc4)CC3)cc2CC1C. The molecule has 0 spiro atoms. The van der Waals surface area contributed by atoms with E-state index in [1.54, 1.807) is 21.9 Å².